The third-order valence-corrected chi connectivity index (χ3v) is 3.52. The maximum absolute atomic E-state index is 12.3. The Hall–Kier alpha value is -1.51. The highest BCUT2D eigenvalue weighted by atomic mass is 16.5. The fourth-order valence-corrected chi connectivity index (χ4v) is 2.54. The van der Waals surface area contributed by atoms with Gasteiger partial charge in [-0.3, -0.25) is 4.79 Å². The van der Waals surface area contributed by atoms with Gasteiger partial charge >= 0.3 is 0 Å². The number of hydrogen-bond acceptors (Lipinski definition) is 2. The smallest absolute Gasteiger partial charge is 0.260 e. The van der Waals surface area contributed by atoms with Crippen LogP contribution in [0.25, 0.3) is 0 Å². The molecule has 0 radical (unpaired) electrons. The van der Waals surface area contributed by atoms with Gasteiger partial charge in [-0.25, -0.2) is 0 Å². The first-order valence-corrected chi connectivity index (χ1v) is 7.25. The second kappa shape index (κ2) is 6.78. The molecule has 1 rings (SSSR count). The van der Waals surface area contributed by atoms with Gasteiger partial charge in [-0.15, -0.1) is 0 Å². The minimum atomic E-state index is 0.0357. The molecule has 0 aliphatic rings. The average molecular weight is 277 g/mol. The Bertz CT molecular complexity index is 470. The van der Waals surface area contributed by atoms with Crippen molar-refractivity contribution in [3.8, 4) is 5.75 Å². The van der Waals surface area contributed by atoms with Crippen molar-refractivity contribution in [1.29, 1.82) is 0 Å². The molecule has 0 saturated carbocycles. The summed E-state index contributed by atoms with van der Waals surface area (Å²) in [6, 6.07) is 4.49. The van der Waals surface area contributed by atoms with Crippen LogP contribution in [0.2, 0.25) is 0 Å². The van der Waals surface area contributed by atoms with Gasteiger partial charge in [0.05, 0.1) is 0 Å². The van der Waals surface area contributed by atoms with Crippen molar-refractivity contribution >= 4 is 5.91 Å². The zero-order valence-electron chi connectivity index (χ0n) is 13.8. The third kappa shape index (κ3) is 3.99. The van der Waals surface area contributed by atoms with Crippen molar-refractivity contribution in [1.82, 2.24) is 4.90 Å². The molecule has 0 N–H and O–H groups in total. The van der Waals surface area contributed by atoms with Crippen LogP contribution in [0.3, 0.4) is 0 Å². The average Bonchev–Trinajstić information content (AvgIpc) is 2.30. The van der Waals surface area contributed by atoms with E-state index in [0.29, 0.717) is 0 Å². The van der Waals surface area contributed by atoms with E-state index in [9.17, 15) is 4.79 Å². The lowest BCUT2D eigenvalue weighted by molar-refractivity contribution is -0.137. The zero-order valence-corrected chi connectivity index (χ0v) is 13.8. The van der Waals surface area contributed by atoms with Crippen molar-refractivity contribution in [3.05, 3.63) is 28.8 Å². The molecule has 1 amide bonds. The zero-order chi connectivity index (χ0) is 15.4. The van der Waals surface area contributed by atoms with Gasteiger partial charge in [0.25, 0.3) is 5.91 Å². The van der Waals surface area contributed by atoms with Crippen molar-refractivity contribution < 1.29 is 9.53 Å². The molecule has 0 saturated heterocycles. The summed E-state index contributed by atoms with van der Waals surface area (Å²) in [6.45, 7) is 14.3. The number of amides is 1. The molecular formula is C17H27NO2. The largest absolute Gasteiger partial charge is 0.483 e. The van der Waals surface area contributed by atoms with Gasteiger partial charge in [-0.05, 0) is 71.2 Å². The second-order valence-corrected chi connectivity index (χ2v) is 5.98. The van der Waals surface area contributed by atoms with Gasteiger partial charge in [0.15, 0.2) is 6.61 Å². The molecule has 20 heavy (non-hydrogen) atoms. The topological polar surface area (TPSA) is 29.5 Å². The van der Waals surface area contributed by atoms with E-state index in [2.05, 4.69) is 13.0 Å². The molecule has 0 spiro atoms. The first-order chi connectivity index (χ1) is 9.23. The lowest BCUT2D eigenvalue weighted by Gasteiger charge is -2.30. The van der Waals surface area contributed by atoms with Crippen LogP contribution in [-0.2, 0) is 4.79 Å². The summed E-state index contributed by atoms with van der Waals surface area (Å²) in [7, 11) is 0. The molecule has 3 heteroatoms. The molecular weight excluding hydrogens is 250 g/mol. The first-order valence-electron chi connectivity index (χ1n) is 7.25. The maximum Gasteiger partial charge on any atom is 0.260 e. The Morgan fingerprint density at radius 2 is 1.65 bits per heavy atom. The summed E-state index contributed by atoms with van der Waals surface area (Å²) in [5.74, 6) is 0.844. The molecule has 0 atom stereocenters. The first kappa shape index (κ1) is 16.5. The standard InChI is InChI=1S/C17H27NO2/c1-11(2)18(12(3)4)17(19)10-20-16-9-13(5)8-14(6)15(16)7/h8-9,11-12H,10H2,1-7H3. The second-order valence-electron chi connectivity index (χ2n) is 5.98. The molecule has 0 aliphatic carbocycles. The minimum Gasteiger partial charge on any atom is -0.483 e. The van der Waals surface area contributed by atoms with Gasteiger partial charge in [0.2, 0.25) is 0 Å². The highest BCUT2D eigenvalue weighted by Crippen LogP contribution is 2.23. The molecule has 0 fully saturated rings. The summed E-state index contributed by atoms with van der Waals surface area (Å²) in [6.07, 6.45) is 0. The highest BCUT2D eigenvalue weighted by molar-refractivity contribution is 5.78. The van der Waals surface area contributed by atoms with Crippen LogP contribution < -0.4 is 4.74 Å². The lowest BCUT2D eigenvalue weighted by atomic mass is 10.1. The van der Waals surface area contributed by atoms with E-state index in [0.717, 1.165) is 16.9 Å². The fourth-order valence-electron chi connectivity index (χ4n) is 2.54. The lowest BCUT2D eigenvalue weighted by Crippen LogP contribution is -2.44. The van der Waals surface area contributed by atoms with E-state index in [-0.39, 0.29) is 24.6 Å². The number of aryl methyl sites for hydroxylation is 2. The van der Waals surface area contributed by atoms with E-state index in [1.54, 1.807) is 0 Å². The normalized spacial score (nSPS) is 11.1. The molecule has 0 heterocycles. The predicted octanol–water partition coefficient (Wildman–Crippen LogP) is 3.64. The molecule has 1 aromatic rings. The van der Waals surface area contributed by atoms with Gasteiger partial charge < -0.3 is 9.64 Å². The highest BCUT2D eigenvalue weighted by Gasteiger charge is 2.20. The van der Waals surface area contributed by atoms with Crippen molar-refractivity contribution in [2.75, 3.05) is 6.61 Å². The third-order valence-electron chi connectivity index (χ3n) is 3.52. The monoisotopic (exact) mass is 277 g/mol. The molecule has 0 unspecified atom stereocenters. The fraction of sp³-hybridized carbons (Fsp3) is 0.588. The Kier molecular flexibility index (Phi) is 5.61. The summed E-state index contributed by atoms with van der Waals surface area (Å²) in [4.78, 5) is 14.1. The Morgan fingerprint density at radius 1 is 1.10 bits per heavy atom. The number of benzene rings is 1. The molecule has 0 aromatic heterocycles. The van der Waals surface area contributed by atoms with E-state index in [1.807, 2.05) is 52.5 Å². The molecule has 1 aromatic carbocycles. The SMILES string of the molecule is Cc1cc(C)c(C)c(OCC(=O)N(C(C)C)C(C)C)c1. The Balaban J connectivity index is 2.79. The van der Waals surface area contributed by atoms with Crippen LogP contribution >= 0.6 is 0 Å². The molecule has 0 aliphatic heterocycles. The summed E-state index contributed by atoms with van der Waals surface area (Å²) in [5, 5.41) is 0. The van der Waals surface area contributed by atoms with Crippen LogP contribution in [0.5, 0.6) is 5.75 Å². The Morgan fingerprint density at radius 3 is 2.15 bits per heavy atom. The number of ether oxygens (including phenoxy) is 1. The summed E-state index contributed by atoms with van der Waals surface area (Å²) < 4.78 is 5.75. The van der Waals surface area contributed by atoms with Gasteiger partial charge in [0.1, 0.15) is 5.75 Å². The van der Waals surface area contributed by atoms with Gasteiger partial charge in [0, 0.05) is 12.1 Å². The van der Waals surface area contributed by atoms with Crippen LogP contribution in [0, 0.1) is 20.8 Å². The van der Waals surface area contributed by atoms with Gasteiger partial charge in [-0.1, -0.05) is 6.07 Å². The van der Waals surface area contributed by atoms with Crippen LogP contribution in [0.4, 0.5) is 0 Å². The number of carbonyl (C=O) groups excluding carboxylic acids is 1. The van der Waals surface area contributed by atoms with E-state index < -0.39 is 0 Å². The Labute approximate surface area is 122 Å². The number of rotatable bonds is 5. The van der Waals surface area contributed by atoms with Crippen LogP contribution in [0.15, 0.2) is 12.1 Å². The summed E-state index contributed by atoms with van der Waals surface area (Å²) >= 11 is 0. The minimum absolute atomic E-state index is 0.0357. The van der Waals surface area contributed by atoms with Crippen LogP contribution in [0.1, 0.15) is 44.4 Å². The van der Waals surface area contributed by atoms with Gasteiger partial charge in [-0.2, -0.15) is 0 Å². The predicted molar refractivity (Wildman–Crippen MR) is 83.3 cm³/mol. The molecule has 112 valence electrons. The van der Waals surface area contributed by atoms with Crippen molar-refractivity contribution in [3.63, 3.8) is 0 Å². The quantitative estimate of drug-likeness (QED) is 0.822. The van der Waals surface area contributed by atoms with Crippen molar-refractivity contribution in [2.45, 2.75) is 60.5 Å². The number of hydrogen-bond donors (Lipinski definition) is 0. The summed E-state index contributed by atoms with van der Waals surface area (Å²) in [5.41, 5.74) is 3.45. The van der Waals surface area contributed by atoms with E-state index >= 15 is 0 Å². The molecule has 0 bridgehead atoms. The number of carbonyl (C=O) groups is 1. The van der Waals surface area contributed by atoms with Crippen molar-refractivity contribution in [2.24, 2.45) is 0 Å². The van der Waals surface area contributed by atoms with E-state index in [1.165, 1.54) is 5.56 Å². The van der Waals surface area contributed by atoms with E-state index in [4.69, 9.17) is 4.74 Å². The van der Waals surface area contributed by atoms with Crippen LogP contribution in [-0.4, -0.2) is 29.5 Å². The maximum atomic E-state index is 12.3. The molecule has 3 nitrogen and oxygen atoms in total. The number of nitrogens with zero attached hydrogens (tertiary/aromatic N) is 1.